The Morgan fingerprint density at radius 3 is 2.61 bits per heavy atom. The summed E-state index contributed by atoms with van der Waals surface area (Å²) in [5, 5.41) is 17.4. The summed E-state index contributed by atoms with van der Waals surface area (Å²) in [7, 11) is 0. The highest BCUT2D eigenvalue weighted by atomic mass is 16.4. The summed E-state index contributed by atoms with van der Waals surface area (Å²) in [5.41, 5.74) is 0.793. The molecule has 5 nitrogen and oxygen atoms in total. The van der Waals surface area contributed by atoms with Crippen molar-refractivity contribution >= 4 is 17.4 Å². The quantitative estimate of drug-likeness (QED) is 0.362. The molecule has 0 spiro atoms. The average Bonchev–Trinajstić information content (AvgIpc) is 2.38. The molecule has 5 heteroatoms. The maximum Gasteiger partial charge on any atom is 0.396 e. The van der Waals surface area contributed by atoms with Gasteiger partial charge in [0.2, 0.25) is 5.39 Å². The molecule has 0 amide bonds. The fraction of sp³-hybridized carbons (Fsp3) is 0.385. The average molecular weight is 247 g/mol. The number of ketones is 1. The molecule has 0 fully saturated rings. The molecule has 94 valence electrons. The van der Waals surface area contributed by atoms with Gasteiger partial charge in [0, 0.05) is 6.07 Å². The summed E-state index contributed by atoms with van der Waals surface area (Å²) in [6, 6.07) is 4.68. The number of carbonyl (C=O) groups excluding carboxylic acids is 1. The first-order valence-electron chi connectivity index (χ1n) is 5.85. The van der Waals surface area contributed by atoms with Crippen LogP contribution in [0.1, 0.15) is 42.1 Å². The third-order valence-corrected chi connectivity index (χ3v) is 2.68. The number of hydrogen-bond acceptors (Lipinski definition) is 3. The Kier molecular flexibility index (Phi) is 5.00. The molecule has 0 bridgehead atoms. The molecule has 18 heavy (non-hydrogen) atoms. The van der Waals surface area contributed by atoms with E-state index in [1.54, 1.807) is 6.07 Å². The lowest BCUT2D eigenvalue weighted by atomic mass is 10.0. The fourth-order valence-electron chi connectivity index (χ4n) is 1.70. The summed E-state index contributed by atoms with van der Waals surface area (Å²) >= 11 is 0. The number of Topliss-reactive ketones (excluding diaryl/α,β-unsaturated/α-hetero) is 1. The Morgan fingerprint density at radius 2 is 2.06 bits per heavy atom. The van der Waals surface area contributed by atoms with E-state index in [9.17, 15) is 9.59 Å². The molecule has 1 rings (SSSR count). The van der Waals surface area contributed by atoms with Crippen molar-refractivity contribution in [3.8, 4) is 0 Å². The van der Waals surface area contributed by atoms with Gasteiger partial charge in [-0.2, -0.15) is 0 Å². The third-order valence-electron chi connectivity index (χ3n) is 2.68. The van der Waals surface area contributed by atoms with Crippen LogP contribution in [-0.2, 0) is 11.2 Å². The zero-order valence-corrected chi connectivity index (χ0v) is 10.2. The predicted octanol–water partition coefficient (Wildman–Crippen LogP) is 3.17. The van der Waals surface area contributed by atoms with E-state index in [0.717, 1.165) is 31.2 Å². The summed E-state index contributed by atoms with van der Waals surface area (Å²) in [6.45, 7) is 2.09. The number of nitrogens with zero attached hydrogens (tertiary/aromatic N) is 2. The molecule has 1 aromatic carbocycles. The largest absolute Gasteiger partial charge is 0.475 e. The van der Waals surface area contributed by atoms with Crippen LogP contribution >= 0.6 is 0 Å². The maximum absolute atomic E-state index is 11.4. The van der Waals surface area contributed by atoms with Crippen molar-refractivity contribution in [3.63, 3.8) is 0 Å². The van der Waals surface area contributed by atoms with E-state index >= 15 is 0 Å². The van der Waals surface area contributed by atoms with Crippen LogP contribution < -0.4 is 0 Å². The first-order valence-corrected chi connectivity index (χ1v) is 5.85. The molecule has 0 aliphatic carbocycles. The SMILES string of the molecule is CCCCCc1ccc([N+]#N)c(C(=O)C(=O)O)c1. The van der Waals surface area contributed by atoms with Crippen LogP contribution in [0.25, 0.3) is 4.98 Å². The summed E-state index contributed by atoms with van der Waals surface area (Å²) < 4.78 is 0. The molecule has 1 aromatic rings. The van der Waals surface area contributed by atoms with Gasteiger partial charge in [-0.25, -0.2) is 4.79 Å². The fourth-order valence-corrected chi connectivity index (χ4v) is 1.70. The lowest BCUT2D eigenvalue weighted by Crippen LogP contribution is -2.13. The highest BCUT2D eigenvalue weighted by molar-refractivity contribution is 6.41. The van der Waals surface area contributed by atoms with Gasteiger partial charge in [-0.05, 0) is 24.5 Å². The number of benzene rings is 1. The van der Waals surface area contributed by atoms with Crippen molar-refractivity contribution in [3.05, 3.63) is 34.3 Å². The Labute approximate surface area is 105 Å². The molecule has 0 atom stereocenters. The number of unbranched alkanes of at least 4 members (excludes halogenated alkanes) is 2. The van der Waals surface area contributed by atoms with Crippen LogP contribution in [0.15, 0.2) is 18.2 Å². The number of hydrogen-bond donors (Lipinski definition) is 1. The van der Waals surface area contributed by atoms with Gasteiger partial charge in [-0.3, -0.25) is 4.79 Å². The van der Waals surface area contributed by atoms with Crippen molar-refractivity contribution in [2.75, 3.05) is 0 Å². The normalized spacial score (nSPS) is 9.78. The maximum atomic E-state index is 11.4. The molecule has 1 N–H and O–H groups in total. The molecule has 0 radical (unpaired) electrons. The first-order chi connectivity index (χ1) is 8.60. The second kappa shape index (κ2) is 6.50. The number of aliphatic carboxylic acids is 1. The molecule has 0 saturated carbocycles. The summed E-state index contributed by atoms with van der Waals surface area (Å²) in [5.74, 6) is -2.61. The minimum atomic E-state index is -1.55. The molecule has 0 unspecified atom stereocenters. The van der Waals surface area contributed by atoms with Crippen LogP contribution in [0.4, 0.5) is 5.69 Å². The Balaban J connectivity index is 2.99. The van der Waals surface area contributed by atoms with Gasteiger partial charge in [-0.1, -0.05) is 25.8 Å². The minimum absolute atomic E-state index is 0.0124. The summed E-state index contributed by atoms with van der Waals surface area (Å²) in [4.78, 5) is 25.0. The van der Waals surface area contributed by atoms with E-state index < -0.39 is 11.8 Å². The minimum Gasteiger partial charge on any atom is -0.475 e. The van der Waals surface area contributed by atoms with E-state index in [-0.39, 0.29) is 11.3 Å². The molecule has 0 aliphatic rings. The van der Waals surface area contributed by atoms with Crippen molar-refractivity contribution in [1.29, 1.82) is 5.39 Å². The van der Waals surface area contributed by atoms with Crippen LogP contribution in [0.2, 0.25) is 0 Å². The van der Waals surface area contributed by atoms with E-state index in [2.05, 4.69) is 11.9 Å². The topological polar surface area (TPSA) is 82.5 Å². The van der Waals surface area contributed by atoms with Gasteiger partial charge in [-0.15, -0.1) is 0 Å². The number of aryl methyl sites for hydroxylation is 1. The third kappa shape index (κ3) is 3.39. The molecule has 0 heterocycles. The summed E-state index contributed by atoms with van der Waals surface area (Å²) in [6.07, 6.45) is 3.92. The molecule has 0 aliphatic heterocycles. The van der Waals surface area contributed by atoms with Gasteiger partial charge < -0.3 is 5.11 Å². The van der Waals surface area contributed by atoms with Gasteiger partial charge in [0.05, 0.1) is 0 Å². The second-order valence-corrected chi connectivity index (χ2v) is 4.04. The molecule has 0 aromatic heterocycles. The zero-order valence-electron chi connectivity index (χ0n) is 10.2. The van der Waals surface area contributed by atoms with Crippen LogP contribution in [0, 0.1) is 5.39 Å². The van der Waals surface area contributed by atoms with Crippen molar-refractivity contribution in [2.24, 2.45) is 0 Å². The van der Waals surface area contributed by atoms with E-state index in [1.807, 2.05) is 0 Å². The van der Waals surface area contributed by atoms with Crippen molar-refractivity contribution in [1.82, 2.24) is 0 Å². The van der Waals surface area contributed by atoms with E-state index in [4.69, 9.17) is 10.5 Å². The number of carboxylic acid groups (broad SMARTS) is 1. The number of diazo groups is 1. The first kappa shape index (κ1) is 13.8. The van der Waals surface area contributed by atoms with E-state index in [1.165, 1.54) is 12.1 Å². The Morgan fingerprint density at radius 1 is 1.33 bits per heavy atom. The zero-order chi connectivity index (χ0) is 13.5. The van der Waals surface area contributed by atoms with Crippen molar-refractivity contribution < 1.29 is 14.7 Å². The predicted molar refractivity (Wildman–Crippen MR) is 66.4 cm³/mol. The number of carboxylic acids is 1. The number of carbonyl (C=O) groups is 2. The van der Waals surface area contributed by atoms with Crippen LogP contribution in [0.3, 0.4) is 0 Å². The highest BCUT2D eigenvalue weighted by Gasteiger charge is 2.25. The van der Waals surface area contributed by atoms with Crippen molar-refractivity contribution in [2.45, 2.75) is 32.6 Å². The van der Waals surface area contributed by atoms with E-state index in [0.29, 0.717) is 0 Å². The molecular formula is C13H15N2O3+. The standard InChI is InChI=1S/C13H14N2O3/c1-2-3-4-5-9-6-7-11(15-14)10(8-9)12(16)13(17)18/h6-8H,2-5H2,1H3/p+1. The monoisotopic (exact) mass is 247 g/mol. The lowest BCUT2D eigenvalue weighted by Gasteiger charge is -2.01. The van der Waals surface area contributed by atoms with Gasteiger partial charge >= 0.3 is 11.7 Å². The van der Waals surface area contributed by atoms with Gasteiger partial charge in [0.1, 0.15) is 5.56 Å². The Hall–Kier alpha value is -2.22. The molecular weight excluding hydrogens is 232 g/mol. The highest BCUT2D eigenvalue weighted by Crippen LogP contribution is 2.22. The lowest BCUT2D eigenvalue weighted by molar-refractivity contribution is -0.131. The molecule has 0 saturated heterocycles. The second-order valence-electron chi connectivity index (χ2n) is 4.04. The van der Waals surface area contributed by atoms with Crippen LogP contribution in [0.5, 0.6) is 0 Å². The number of rotatable bonds is 6. The smallest absolute Gasteiger partial charge is 0.396 e. The Bertz CT molecular complexity index is 503. The van der Waals surface area contributed by atoms with Crippen LogP contribution in [-0.4, -0.2) is 16.9 Å². The van der Waals surface area contributed by atoms with Gasteiger partial charge in [0.25, 0.3) is 5.78 Å². The van der Waals surface area contributed by atoms with Gasteiger partial charge in [0.15, 0.2) is 4.98 Å².